The summed E-state index contributed by atoms with van der Waals surface area (Å²) in [6.45, 7) is 0. The Hall–Kier alpha value is -3.18. The van der Waals surface area contributed by atoms with Gasteiger partial charge in [-0.1, -0.05) is 30.3 Å². The number of aromatic nitrogens is 1. The summed E-state index contributed by atoms with van der Waals surface area (Å²) >= 11 is 1.67. The summed E-state index contributed by atoms with van der Waals surface area (Å²) in [5, 5.41) is 3.92. The van der Waals surface area contributed by atoms with E-state index in [1.807, 2.05) is 66.7 Å². The Bertz CT molecular complexity index is 1080. The van der Waals surface area contributed by atoms with Crippen molar-refractivity contribution in [2.75, 3.05) is 5.32 Å². The summed E-state index contributed by atoms with van der Waals surface area (Å²) in [5.41, 5.74) is 3.87. The van der Waals surface area contributed by atoms with Crippen LogP contribution in [0.2, 0.25) is 0 Å². The van der Waals surface area contributed by atoms with E-state index in [1.54, 1.807) is 11.3 Å². The number of hydrogen-bond donors (Lipinski definition) is 1. The number of carbonyl (C=O) groups is 1. The highest BCUT2D eigenvalue weighted by Crippen LogP contribution is 2.31. The molecule has 0 aliphatic carbocycles. The van der Waals surface area contributed by atoms with Crippen LogP contribution in [-0.2, 0) is 11.2 Å². The third-order valence-electron chi connectivity index (χ3n) is 4.63. The number of ether oxygens (including phenoxy) is 1. The van der Waals surface area contributed by atoms with Crippen molar-refractivity contribution < 1.29 is 9.53 Å². The van der Waals surface area contributed by atoms with E-state index in [0.717, 1.165) is 33.1 Å². The smallest absolute Gasteiger partial charge is 0.265 e. The second kappa shape index (κ2) is 6.52. The van der Waals surface area contributed by atoms with Gasteiger partial charge in [-0.05, 0) is 48.0 Å². The van der Waals surface area contributed by atoms with Crippen molar-refractivity contribution in [1.82, 2.24) is 4.98 Å². The van der Waals surface area contributed by atoms with Crippen LogP contribution in [0, 0.1) is 0 Å². The Morgan fingerprint density at radius 1 is 1.00 bits per heavy atom. The van der Waals surface area contributed by atoms with Gasteiger partial charge in [0, 0.05) is 17.7 Å². The average Bonchev–Trinajstić information content (AvgIpc) is 3.32. The van der Waals surface area contributed by atoms with E-state index in [0.29, 0.717) is 6.42 Å². The van der Waals surface area contributed by atoms with E-state index in [2.05, 4.69) is 16.4 Å². The Morgan fingerprint density at radius 3 is 2.59 bits per heavy atom. The molecule has 1 aliphatic rings. The fourth-order valence-corrected chi connectivity index (χ4v) is 4.21. The van der Waals surface area contributed by atoms with Crippen LogP contribution in [0.15, 0.2) is 72.8 Å². The highest BCUT2D eigenvalue weighted by atomic mass is 32.1. The fourth-order valence-electron chi connectivity index (χ4n) is 3.24. The molecular formula is C22H16N2O2S. The van der Waals surface area contributed by atoms with Crippen molar-refractivity contribution >= 4 is 33.1 Å². The highest BCUT2D eigenvalue weighted by molar-refractivity contribution is 7.21. The van der Waals surface area contributed by atoms with E-state index in [4.69, 9.17) is 4.74 Å². The minimum atomic E-state index is -0.480. The standard InChI is InChI=1S/C22H16N2O2S/c25-21(19-13-15-5-1-3-7-18(15)26-19)23-16-11-9-14(10-12-16)22-24-17-6-2-4-8-20(17)27-22/h1-12,19H,13H2,(H,23,25)/t19-/m1/s1. The maximum Gasteiger partial charge on any atom is 0.265 e. The summed E-state index contributed by atoms with van der Waals surface area (Å²) in [6.07, 6.45) is 0.123. The molecule has 5 heteroatoms. The predicted octanol–water partition coefficient (Wildman–Crippen LogP) is 4.91. The molecule has 1 N–H and O–H groups in total. The van der Waals surface area contributed by atoms with Gasteiger partial charge in [0.15, 0.2) is 6.10 Å². The summed E-state index contributed by atoms with van der Waals surface area (Å²) in [5.74, 6) is 0.669. The van der Waals surface area contributed by atoms with Crippen LogP contribution >= 0.6 is 11.3 Å². The van der Waals surface area contributed by atoms with E-state index in [-0.39, 0.29) is 5.91 Å². The number of nitrogens with one attached hydrogen (secondary N) is 1. The molecule has 132 valence electrons. The zero-order valence-corrected chi connectivity index (χ0v) is 15.2. The first-order valence-electron chi connectivity index (χ1n) is 8.78. The number of thiazole rings is 1. The zero-order valence-electron chi connectivity index (χ0n) is 14.4. The second-order valence-corrected chi connectivity index (χ2v) is 7.50. The number of amides is 1. The van der Waals surface area contributed by atoms with Gasteiger partial charge in [0.05, 0.1) is 10.2 Å². The van der Waals surface area contributed by atoms with Crippen LogP contribution in [0.4, 0.5) is 5.69 Å². The number of rotatable bonds is 3. The average molecular weight is 372 g/mol. The number of fused-ring (bicyclic) bond motifs is 2. The minimum absolute atomic E-state index is 0.126. The molecular weight excluding hydrogens is 356 g/mol. The van der Waals surface area contributed by atoms with E-state index < -0.39 is 6.10 Å². The van der Waals surface area contributed by atoms with E-state index >= 15 is 0 Å². The van der Waals surface area contributed by atoms with E-state index in [1.165, 1.54) is 4.70 Å². The van der Waals surface area contributed by atoms with Gasteiger partial charge in [0.2, 0.25) is 0 Å². The van der Waals surface area contributed by atoms with Crippen LogP contribution < -0.4 is 10.1 Å². The number of benzene rings is 3. The first-order chi connectivity index (χ1) is 13.3. The Morgan fingerprint density at radius 2 is 1.78 bits per heavy atom. The first kappa shape index (κ1) is 16.0. The zero-order chi connectivity index (χ0) is 18.2. The third kappa shape index (κ3) is 3.06. The normalized spacial score (nSPS) is 15.3. The number of carbonyl (C=O) groups excluding carboxylic acids is 1. The fraction of sp³-hybridized carbons (Fsp3) is 0.0909. The van der Waals surface area contributed by atoms with Gasteiger partial charge in [-0.2, -0.15) is 0 Å². The molecule has 4 nitrogen and oxygen atoms in total. The molecule has 2 heterocycles. The van der Waals surface area contributed by atoms with Crippen LogP contribution in [0.25, 0.3) is 20.8 Å². The number of para-hydroxylation sites is 2. The van der Waals surface area contributed by atoms with Gasteiger partial charge in [0.1, 0.15) is 10.8 Å². The summed E-state index contributed by atoms with van der Waals surface area (Å²) in [7, 11) is 0. The molecule has 3 aromatic carbocycles. The topological polar surface area (TPSA) is 51.2 Å². The maximum absolute atomic E-state index is 12.5. The first-order valence-corrected chi connectivity index (χ1v) is 9.59. The minimum Gasteiger partial charge on any atom is -0.480 e. The predicted molar refractivity (Wildman–Crippen MR) is 108 cm³/mol. The van der Waals surface area contributed by atoms with Gasteiger partial charge in [-0.3, -0.25) is 4.79 Å². The molecule has 1 aliphatic heterocycles. The lowest BCUT2D eigenvalue weighted by molar-refractivity contribution is -0.122. The number of hydrogen-bond acceptors (Lipinski definition) is 4. The third-order valence-corrected chi connectivity index (χ3v) is 5.72. The van der Waals surface area contributed by atoms with Crippen molar-refractivity contribution in [2.24, 2.45) is 0 Å². The van der Waals surface area contributed by atoms with Crippen molar-refractivity contribution in [3.63, 3.8) is 0 Å². The molecule has 4 aromatic rings. The maximum atomic E-state index is 12.5. The van der Waals surface area contributed by atoms with Crippen LogP contribution in [0.3, 0.4) is 0 Å². The van der Waals surface area contributed by atoms with Crippen molar-refractivity contribution in [2.45, 2.75) is 12.5 Å². The lowest BCUT2D eigenvalue weighted by Crippen LogP contribution is -2.31. The van der Waals surface area contributed by atoms with E-state index in [9.17, 15) is 4.79 Å². The molecule has 0 saturated carbocycles. The summed E-state index contributed by atoms with van der Waals surface area (Å²) in [4.78, 5) is 17.2. The van der Waals surface area contributed by atoms with Gasteiger partial charge in [-0.25, -0.2) is 4.98 Å². The molecule has 0 spiro atoms. The molecule has 0 radical (unpaired) electrons. The molecule has 1 atom stereocenters. The lowest BCUT2D eigenvalue weighted by atomic mass is 10.1. The van der Waals surface area contributed by atoms with Gasteiger partial charge in [0.25, 0.3) is 5.91 Å². The Kier molecular flexibility index (Phi) is 3.87. The second-order valence-electron chi connectivity index (χ2n) is 6.47. The Balaban J connectivity index is 1.30. The lowest BCUT2D eigenvalue weighted by Gasteiger charge is -2.11. The van der Waals surface area contributed by atoms with Crippen molar-refractivity contribution in [3.8, 4) is 16.3 Å². The van der Waals surface area contributed by atoms with Gasteiger partial charge >= 0.3 is 0 Å². The molecule has 0 unspecified atom stereocenters. The van der Waals surface area contributed by atoms with Crippen LogP contribution in [0.1, 0.15) is 5.56 Å². The monoisotopic (exact) mass is 372 g/mol. The quantitative estimate of drug-likeness (QED) is 0.556. The van der Waals surface area contributed by atoms with Crippen LogP contribution in [0.5, 0.6) is 5.75 Å². The largest absolute Gasteiger partial charge is 0.480 e. The number of anilines is 1. The molecule has 0 saturated heterocycles. The molecule has 27 heavy (non-hydrogen) atoms. The van der Waals surface area contributed by atoms with Gasteiger partial charge < -0.3 is 10.1 Å². The van der Waals surface area contributed by atoms with Crippen molar-refractivity contribution in [1.29, 1.82) is 0 Å². The highest BCUT2D eigenvalue weighted by Gasteiger charge is 2.28. The SMILES string of the molecule is O=C(Nc1ccc(-c2nc3ccccc3s2)cc1)[C@H]1Cc2ccccc2O1. The number of nitrogens with zero attached hydrogens (tertiary/aromatic N) is 1. The molecule has 0 fully saturated rings. The Labute approximate surface area is 160 Å². The molecule has 1 aromatic heterocycles. The molecule has 1 amide bonds. The summed E-state index contributed by atoms with van der Waals surface area (Å²) < 4.78 is 6.92. The summed E-state index contributed by atoms with van der Waals surface area (Å²) in [6, 6.07) is 23.7. The van der Waals surface area contributed by atoms with Crippen molar-refractivity contribution in [3.05, 3.63) is 78.4 Å². The van der Waals surface area contributed by atoms with Crippen LogP contribution in [-0.4, -0.2) is 17.0 Å². The molecule has 5 rings (SSSR count). The molecule has 0 bridgehead atoms. The van der Waals surface area contributed by atoms with Gasteiger partial charge in [-0.15, -0.1) is 11.3 Å².